The van der Waals surface area contributed by atoms with Gasteiger partial charge < -0.3 is 4.74 Å². The molecule has 1 aliphatic carbocycles. The molecule has 2 heteroatoms. The molecule has 1 atom stereocenters. The number of carbonyl (C=O) groups excluding carboxylic acids is 1. The molecule has 1 unspecified atom stereocenters. The second kappa shape index (κ2) is 3.36. The van der Waals surface area contributed by atoms with Crippen LogP contribution in [-0.4, -0.2) is 11.9 Å². The fourth-order valence-electron chi connectivity index (χ4n) is 1.99. The summed E-state index contributed by atoms with van der Waals surface area (Å²) >= 11 is 0. The van der Waals surface area contributed by atoms with Gasteiger partial charge in [0.2, 0.25) is 0 Å². The highest BCUT2D eigenvalue weighted by Crippen LogP contribution is 2.33. The Hall–Kier alpha value is -1.05. The normalized spacial score (nSPS) is 28.1. The van der Waals surface area contributed by atoms with Crippen LogP contribution in [0, 0.1) is 0 Å². The lowest BCUT2D eigenvalue weighted by Crippen LogP contribution is -2.22. The fraction of sp³-hybridized carbons (Fsp3) is 0.545. The Kier molecular flexibility index (Phi) is 2.21. The van der Waals surface area contributed by atoms with E-state index in [1.54, 1.807) is 0 Å². The molecule has 1 aliphatic heterocycles. The van der Waals surface area contributed by atoms with Crippen LogP contribution in [-0.2, 0) is 9.53 Å². The summed E-state index contributed by atoms with van der Waals surface area (Å²) in [6.45, 7) is 1.95. The highest BCUT2D eigenvalue weighted by Gasteiger charge is 2.30. The average molecular weight is 178 g/mol. The van der Waals surface area contributed by atoms with Crippen LogP contribution in [0.4, 0.5) is 0 Å². The van der Waals surface area contributed by atoms with Gasteiger partial charge in [0, 0.05) is 12.0 Å². The second-order valence-corrected chi connectivity index (χ2v) is 3.56. The Morgan fingerprint density at radius 1 is 1.46 bits per heavy atom. The quantitative estimate of drug-likeness (QED) is 0.576. The van der Waals surface area contributed by atoms with Gasteiger partial charge in [-0.3, -0.25) is 4.79 Å². The van der Waals surface area contributed by atoms with Crippen molar-refractivity contribution in [3.63, 3.8) is 0 Å². The molecule has 2 rings (SSSR count). The molecule has 0 spiro atoms. The summed E-state index contributed by atoms with van der Waals surface area (Å²) in [5.74, 6) is 1.25. The predicted molar refractivity (Wildman–Crippen MR) is 50.2 cm³/mol. The third-order valence-electron chi connectivity index (χ3n) is 2.59. The number of carbonyl (C=O) groups is 1. The van der Waals surface area contributed by atoms with E-state index in [-0.39, 0.29) is 6.10 Å². The molecule has 0 radical (unpaired) electrons. The number of hydrogen-bond acceptors (Lipinski definition) is 2. The predicted octanol–water partition coefficient (Wildman–Crippen LogP) is 2.36. The van der Waals surface area contributed by atoms with Crippen molar-refractivity contribution < 1.29 is 9.53 Å². The van der Waals surface area contributed by atoms with Gasteiger partial charge >= 0.3 is 0 Å². The van der Waals surface area contributed by atoms with Crippen LogP contribution < -0.4 is 0 Å². The molecule has 0 saturated carbocycles. The van der Waals surface area contributed by atoms with Crippen molar-refractivity contribution >= 4 is 5.78 Å². The zero-order chi connectivity index (χ0) is 9.26. The van der Waals surface area contributed by atoms with E-state index >= 15 is 0 Å². The third kappa shape index (κ3) is 1.53. The first-order valence-electron chi connectivity index (χ1n) is 4.86. The summed E-state index contributed by atoms with van der Waals surface area (Å²) in [6, 6.07) is 0. The lowest BCUT2D eigenvalue weighted by atomic mass is 10.0. The van der Waals surface area contributed by atoms with E-state index in [1.165, 1.54) is 0 Å². The van der Waals surface area contributed by atoms with Crippen molar-refractivity contribution in [1.82, 2.24) is 0 Å². The van der Waals surface area contributed by atoms with Crippen molar-refractivity contribution in [3.8, 4) is 0 Å². The molecule has 0 bridgehead atoms. The van der Waals surface area contributed by atoms with E-state index in [9.17, 15) is 4.79 Å². The van der Waals surface area contributed by atoms with Crippen LogP contribution in [0.3, 0.4) is 0 Å². The van der Waals surface area contributed by atoms with Crippen LogP contribution in [0.15, 0.2) is 23.5 Å². The van der Waals surface area contributed by atoms with E-state index in [0.29, 0.717) is 12.2 Å². The molecule has 0 aromatic rings. The van der Waals surface area contributed by atoms with Crippen LogP contribution in [0.5, 0.6) is 0 Å². The first kappa shape index (κ1) is 8.54. The maximum Gasteiger partial charge on any atom is 0.166 e. The summed E-state index contributed by atoms with van der Waals surface area (Å²) in [4.78, 5) is 11.6. The molecule has 0 fully saturated rings. The number of rotatable bonds is 1. The Balaban J connectivity index is 2.18. The van der Waals surface area contributed by atoms with Gasteiger partial charge in [-0.05, 0) is 25.8 Å². The lowest BCUT2D eigenvalue weighted by Gasteiger charge is -2.22. The molecule has 0 aromatic heterocycles. The summed E-state index contributed by atoms with van der Waals surface area (Å²) in [7, 11) is 0. The van der Waals surface area contributed by atoms with Crippen LogP contribution in [0.25, 0.3) is 0 Å². The zero-order valence-electron chi connectivity index (χ0n) is 7.88. The molecule has 70 valence electrons. The maximum absolute atomic E-state index is 11.6. The molecule has 0 N–H and O–H groups in total. The molecule has 2 nitrogen and oxygen atoms in total. The summed E-state index contributed by atoms with van der Waals surface area (Å²) in [5.41, 5.74) is 0.959. The highest BCUT2D eigenvalue weighted by molar-refractivity contribution is 5.97. The minimum Gasteiger partial charge on any atom is -0.490 e. The van der Waals surface area contributed by atoms with Gasteiger partial charge in [0.05, 0.1) is 6.42 Å². The molecule has 0 amide bonds. The number of allylic oxidation sites excluding steroid dienone is 3. The van der Waals surface area contributed by atoms with Gasteiger partial charge in [0.1, 0.15) is 11.9 Å². The molecule has 0 saturated heterocycles. The van der Waals surface area contributed by atoms with Crippen molar-refractivity contribution in [3.05, 3.63) is 23.5 Å². The van der Waals surface area contributed by atoms with Gasteiger partial charge in [-0.2, -0.15) is 0 Å². The van der Waals surface area contributed by atoms with Crippen LogP contribution >= 0.6 is 0 Å². The van der Waals surface area contributed by atoms with Crippen molar-refractivity contribution in [1.29, 1.82) is 0 Å². The van der Waals surface area contributed by atoms with Gasteiger partial charge in [-0.25, -0.2) is 0 Å². The Bertz CT molecular complexity index is 286. The average Bonchev–Trinajstić information content (AvgIpc) is 2.53. The van der Waals surface area contributed by atoms with E-state index in [2.05, 4.69) is 0 Å². The van der Waals surface area contributed by atoms with E-state index in [1.807, 2.05) is 19.1 Å². The van der Waals surface area contributed by atoms with Crippen molar-refractivity contribution in [2.24, 2.45) is 0 Å². The lowest BCUT2D eigenvalue weighted by molar-refractivity contribution is -0.118. The number of Topliss-reactive ketones (excluding diaryl/α,β-unsaturated/α-hetero) is 1. The van der Waals surface area contributed by atoms with Gasteiger partial charge in [-0.15, -0.1) is 0 Å². The van der Waals surface area contributed by atoms with E-state index in [4.69, 9.17) is 4.74 Å². The summed E-state index contributed by atoms with van der Waals surface area (Å²) in [5, 5.41) is 0. The number of ketones is 1. The van der Waals surface area contributed by atoms with Crippen molar-refractivity contribution in [2.75, 3.05) is 0 Å². The van der Waals surface area contributed by atoms with Crippen LogP contribution in [0.2, 0.25) is 0 Å². The van der Waals surface area contributed by atoms with Crippen molar-refractivity contribution in [2.45, 2.75) is 38.7 Å². The molecule has 1 heterocycles. The van der Waals surface area contributed by atoms with Crippen LogP contribution in [0.1, 0.15) is 32.6 Å². The Morgan fingerprint density at radius 2 is 2.31 bits per heavy atom. The first-order chi connectivity index (χ1) is 6.31. The molecule has 13 heavy (non-hydrogen) atoms. The molecular weight excluding hydrogens is 164 g/mol. The molecule has 2 aliphatic rings. The fourth-order valence-corrected chi connectivity index (χ4v) is 1.99. The zero-order valence-corrected chi connectivity index (χ0v) is 7.88. The first-order valence-corrected chi connectivity index (χ1v) is 4.86. The summed E-state index contributed by atoms with van der Waals surface area (Å²) < 4.78 is 5.69. The largest absolute Gasteiger partial charge is 0.490 e. The van der Waals surface area contributed by atoms with E-state index < -0.39 is 0 Å². The Labute approximate surface area is 78.3 Å². The number of hydrogen-bond donors (Lipinski definition) is 0. The topological polar surface area (TPSA) is 26.3 Å². The minimum atomic E-state index is -0.00523. The Morgan fingerprint density at radius 3 is 3.08 bits per heavy atom. The standard InChI is InChI=1S/C11H14O2/c1-2-4-8-7-10(12)9-5-3-6-11(9)13-8/h2,4,8H,3,5-7H2,1H3/b4-2+. The number of ether oxygens (including phenoxy) is 1. The molecule has 0 aromatic carbocycles. The SMILES string of the molecule is C/C=C/C1CC(=O)C2=C(CCC2)O1. The van der Waals surface area contributed by atoms with Gasteiger partial charge in [0.25, 0.3) is 0 Å². The minimum absolute atomic E-state index is 0.00523. The van der Waals surface area contributed by atoms with Gasteiger partial charge in [0.15, 0.2) is 5.78 Å². The monoisotopic (exact) mass is 178 g/mol. The molecular formula is C11H14O2. The smallest absolute Gasteiger partial charge is 0.166 e. The maximum atomic E-state index is 11.6. The van der Waals surface area contributed by atoms with Gasteiger partial charge in [-0.1, -0.05) is 6.08 Å². The highest BCUT2D eigenvalue weighted by atomic mass is 16.5. The second-order valence-electron chi connectivity index (χ2n) is 3.56. The summed E-state index contributed by atoms with van der Waals surface area (Å²) in [6.07, 6.45) is 7.39. The van der Waals surface area contributed by atoms with E-state index in [0.717, 1.165) is 30.6 Å². The third-order valence-corrected chi connectivity index (χ3v) is 2.59.